The van der Waals surface area contributed by atoms with Crippen LogP contribution in [-0.4, -0.2) is 15.8 Å². The maximum atomic E-state index is 11.4. The van der Waals surface area contributed by atoms with Crippen LogP contribution >= 0.6 is 11.3 Å². The van der Waals surface area contributed by atoms with Crippen molar-refractivity contribution in [1.82, 2.24) is 4.98 Å². The zero-order valence-corrected chi connectivity index (χ0v) is 12.6. The highest BCUT2D eigenvalue weighted by Gasteiger charge is 2.11. The van der Waals surface area contributed by atoms with Gasteiger partial charge >= 0.3 is 0 Å². The summed E-state index contributed by atoms with van der Waals surface area (Å²) in [7, 11) is 0. The first-order valence-electron chi connectivity index (χ1n) is 6.49. The van der Waals surface area contributed by atoms with Crippen molar-refractivity contribution in [2.24, 2.45) is 0 Å². The Kier molecular flexibility index (Phi) is 4.64. The molecule has 1 aromatic carbocycles. The highest BCUT2D eigenvalue weighted by molar-refractivity contribution is 7.15. The van der Waals surface area contributed by atoms with Crippen molar-refractivity contribution >= 4 is 28.1 Å². The number of aryl methyl sites for hydroxylation is 1. The molecule has 110 valence electrons. The minimum atomic E-state index is -0.417. The predicted octanol–water partition coefficient (Wildman–Crippen LogP) is 3.30. The number of amides is 1. The summed E-state index contributed by atoms with van der Waals surface area (Å²) in [6, 6.07) is 6.46. The summed E-state index contributed by atoms with van der Waals surface area (Å²) in [5, 5.41) is 14.0. The van der Waals surface area contributed by atoms with Crippen LogP contribution < -0.4 is 5.32 Å². The smallest absolute Gasteiger partial charge is 0.269 e. The molecule has 0 radical (unpaired) electrons. The van der Waals surface area contributed by atoms with Crippen molar-refractivity contribution in [3.8, 4) is 0 Å². The number of nitrogens with one attached hydrogen (secondary N) is 1. The molecule has 0 bridgehead atoms. The van der Waals surface area contributed by atoms with Crippen LogP contribution in [0, 0.1) is 17.0 Å². The standard InChI is InChI=1S/C14H15N3O3S/c1-3-13(18)16-14-15-9(2)12(21-14)8-10-4-6-11(7-5-10)17(19)20/h4-7H,3,8H2,1-2H3,(H,15,16,18). The number of aromatic nitrogens is 1. The number of nitro benzene ring substituents is 1. The average Bonchev–Trinajstić information content (AvgIpc) is 2.79. The SMILES string of the molecule is CCC(=O)Nc1nc(C)c(Cc2ccc([N+](=O)[O-])cc2)s1. The number of non-ortho nitro benzene ring substituents is 1. The van der Waals surface area contributed by atoms with Gasteiger partial charge in [0.2, 0.25) is 5.91 Å². The molecular weight excluding hydrogens is 290 g/mol. The van der Waals surface area contributed by atoms with Gasteiger partial charge in [0.1, 0.15) is 0 Å². The van der Waals surface area contributed by atoms with Gasteiger partial charge in [-0.15, -0.1) is 11.3 Å². The lowest BCUT2D eigenvalue weighted by atomic mass is 10.1. The van der Waals surface area contributed by atoms with Crippen molar-refractivity contribution < 1.29 is 9.72 Å². The molecule has 2 aromatic rings. The highest BCUT2D eigenvalue weighted by atomic mass is 32.1. The number of hydrogen-bond acceptors (Lipinski definition) is 5. The van der Waals surface area contributed by atoms with Gasteiger partial charge in [-0.25, -0.2) is 4.98 Å². The van der Waals surface area contributed by atoms with Gasteiger partial charge in [-0.3, -0.25) is 14.9 Å². The summed E-state index contributed by atoms with van der Waals surface area (Å²) in [5.74, 6) is -0.0642. The fraction of sp³-hybridized carbons (Fsp3) is 0.286. The lowest BCUT2D eigenvalue weighted by Crippen LogP contribution is -2.08. The van der Waals surface area contributed by atoms with E-state index in [0.717, 1.165) is 16.1 Å². The number of rotatable bonds is 5. The zero-order valence-electron chi connectivity index (χ0n) is 11.8. The molecule has 21 heavy (non-hydrogen) atoms. The Morgan fingerprint density at radius 2 is 2.05 bits per heavy atom. The molecule has 1 amide bonds. The van der Waals surface area contributed by atoms with Gasteiger partial charge in [0.15, 0.2) is 5.13 Å². The lowest BCUT2D eigenvalue weighted by Gasteiger charge is -1.99. The summed E-state index contributed by atoms with van der Waals surface area (Å²) in [5.41, 5.74) is 1.92. The Labute approximate surface area is 126 Å². The summed E-state index contributed by atoms with van der Waals surface area (Å²) >= 11 is 1.43. The van der Waals surface area contributed by atoms with Crippen LogP contribution in [0.1, 0.15) is 29.5 Å². The molecule has 0 saturated heterocycles. The van der Waals surface area contributed by atoms with Crippen molar-refractivity contribution in [2.75, 3.05) is 5.32 Å². The quantitative estimate of drug-likeness (QED) is 0.678. The van der Waals surface area contributed by atoms with Crippen molar-refractivity contribution in [1.29, 1.82) is 0 Å². The van der Waals surface area contributed by atoms with Crippen LogP contribution in [0.2, 0.25) is 0 Å². The Morgan fingerprint density at radius 3 is 2.62 bits per heavy atom. The summed E-state index contributed by atoms with van der Waals surface area (Å²) in [6.45, 7) is 3.67. The number of hydrogen-bond donors (Lipinski definition) is 1. The molecule has 1 heterocycles. The summed E-state index contributed by atoms with van der Waals surface area (Å²) < 4.78 is 0. The fourth-order valence-electron chi connectivity index (χ4n) is 1.77. The third-order valence-electron chi connectivity index (χ3n) is 2.97. The van der Waals surface area contributed by atoms with E-state index in [1.54, 1.807) is 19.1 Å². The second-order valence-corrected chi connectivity index (χ2v) is 5.61. The molecule has 1 aromatic heterocycles. The number of carbonyl (C=O) groups is 1. The molecule has 0 saturated carbocycles. The van der Waals surface area contributed by atoms with E-state index >= 15 is 0 Å². The molecule has 6 nitrogen and oxygen atoms in total. The molecule has 0 fully saturated rings. The number of nitro groups is 1. The molecule has 1 N–H and O–H groups in total. The van der Waals surface area contributed by atoms with E-state index in [9.17, 15) is 14.9 Å². The minimum Gasteiger partial charge on any atom is -0.302 e. The average molecular weight is 305 g/mol. The first-order chi connectivity index (χ1) is 9.99. The fourth-order valence-corrected chi connectivity index (χ4v) is 2.79. The van der Waals surface area contributed by atoms with Crippen LogP contribution in [0.25, 0.3) is 0 Å². The Hall–Kier alpha value is -2.28. The van der Waals surface area contributed by atoms with Crippen molar-refractivity contribution in [3.63, 3.8) is 0 Å². The Morgan fingerprint density at radius 1 is 1.38 bits per heavy atom. The molecule has 7 heteroatoms. The maximum absolute atomic E-state index is 11.4. The Bertz CT molecular complexity index is 665. The van der Waals surface area contributed by atoms with E-state index in [2.05, 4.69) is 10.3 Å². The molecule has 0 spiro atoms. The molecule has 0 aliphatic rings. The van der Waals surface area contributed by atoms with E-state index in [1.807, 2.05) is 6.92 Å². The molecule has 0 aliphatic heterocycles. The Balaban J connectivity index is 2.12. The second kappa shape index (κ2) is 6.45. The van der Waals surface area contributed by atoms with Gasteiger partial charge in [0, 0.05) is 29.9 Å². The largest absolute Gasteiger partial charge is 0.302 e. The van der Waals surface area contributed by atoms with Gasteiger partial charge in [-0.05, 0) is 12.5 Å². The minimum absolute atomic E-state index is 0.0642. The summed E-state index contributed by atoms with van der Waals surface area (Å²) in [4.78, 5) is 26.9. The van der Waals surface area contributed by atoms with Gasteiger partial charge in [-0.1, -0.05) is 19.1 Å². The monoisotopic (exact) mass is 305 g/mol. The van der Waals surface area contributed by atoms with E-state index in [-0.39, 0.29) is 11.6 Å². The van der Waals surface area contributed by atoms with E-state index in [0.29, 0.717) is 18.0 Å². The van der Waals surface area contributed by atoms with Crippen LogP contribution in [0.4, 0.5) is 10.8 Å². The van der Waals surface area contributed by atoms with Crippen molar-refractivity contribution in [3.05, 3.63) is 50.5 Å². The topological polar surface area (TPSA) is 85.1 Å². The van der Waals surface area contributed by atoms with Crippen LogP contribution in [-0.2, 0) is 11.2 Å². The number of thiazole rings is 1. The number of carbonyl (C=O) groups excluding carboxylic acids is 1. The van der Waals surface area contributed by atoms with Crippen LogP contribution in [0.3, 0.4) is 0 Å². The van der Waals surface area contributed by atoms with Gasteiger partial charge in [0.25, 0.3) is 5.69 Å². The number of anilines is 1. The first-order valence-corrected chi connectivity index (χ1v) is 7.30. The molecule has 0 unspecified atom stereocenters. The second-order valence-electron chi connectivity index (χ2n) is 4.53. The predicted molar refractivity (Wildman–Crippen MR) is 81.7 cm³/mol. The van der Waals surface area contributed by atoms with Gasteiger partial charge in [-0.2, -0.15) is 0 Å². The van der Waals surface area contributed by atoms with Gasteiger partial charge < -0.3 is 5.32 Å². The van der Waals surface area contributed by atoms with Crippen molar-refractivity contribution in [2.45, 2.75) is 26.7 Å². The highest BCUT2D eigenvalue weighted by Crippen LogP contribution is 2.26. The molecule has 2 rings (SSSR count). The molecule has 0 aliphatic carbocycles. The normalized spacial score (nSPS) is 10.4. The van der Waals surface area contributed by atoms with Gasteiger partial charge in [0.05, 0.1) is 10.6 Å². The number of nitrogens with zero attached hydrogens (tertiary/aromatic N) is 2. The third kappa shape index (κ3) is 3.85. The van der Waals surface area contributed by atoms with E-state index in [1.165, 1.54) is 23.5 Å². The third-order valence-corrected chi connectivity index (χ3v) is 4.04. The molecule has 0 atom stereocenters. The van der Waals surface area contributed by atoms with E-state index in [4.69, 9.17) is 0 Å². The molecular formula is C14H15N3O3S. The first kappa shape index (κ1) is 15.1. The zero-order chi connectivity index (χ0) is 15.4. The number of benzene rings is 1. The summed E-state index contributed by atoms with van der Waals surface area (Å²) in [6.07, 6.45) is 1.06. The van der Waals surface area contributed by atoms with Crippen LogP contribution in [0.5, 0.6) is 0 Å². The van der Waals surface area contributed by atoms with E-state index < -0.39 is 4.92 Å². The lowest BCUT2D eigenvalue weighted by molar-refractivity contribution is -0.384. The maximum Gasteiger partial charge on any atom is 0.269 e. The van der Waals surface area contributed by atoms with Crippen LogP contribution in [0.15, 0.2) is 24.3 Å².